The standard InChI is InChI=1S/C34H49NO11/c1-23-28(44-34(37-3)33(46-30-16-7-9-18-41-30)31(23)45-29-15-6-8-17-40-29)21-42-32-26(13-10-14-27(32)43-22-36-2)39-20-19-38-25-12-5-4-11-24(25)35/h4-5,10-14,23,28-31,33-34H,6-9,15-22,35H2,1-3H3/t23-,28?,29?,30?,31+,33-,34?/m1/s1. The second-order valence-electron chi connectivity index (χ2n) is 11.6. The molecule has 46 heavy (non-hydrogen) atoms. The summed E-state index contributed by atoms with van der Waals surface area (Å²) in [5.41, 5.74) is 6.56. The van der Waals surface area contributed by atoms with Gasteiger partial charge >= 0.3 is 0 Å². The topological polar surface area (TPSA) is 128 Å². The van der Waals surface area contributed by atoms with Crippen LogP contribution in [0.25, 0.3) is 0 Å². The average Bonchev–Trinajstić information content (AvgIpc) is 3.09. The summed E-state index contributed by atoms with van der Waals surface area (Å²) in [5.74, 6) is 1.84. The van der Waals surface area contributed by atoms with E-state index in [-0.39, 0.29) is 51.2 Å². The normalized spacial score (nSPS) is 28.4. The Morgan fingerprint density at radius 3 is 2.00 bits per heavy atom. The molecule has 12 nitrogen and oxygen atoms in total. The molecule has 2 N–H and O–H groups in total. The number of ether oxygens (including phenoxy) is 11. The highest BCUT2D eigenvalue weighted by molar-refractivity contribution is 5.52. The van der Waals surface area contributed by atoms with Gasteiger partial charge in [-0.15, -0.1) is 0 Å². The first-order valence-corrected chi connectivity index (χ1v) is 16.3. The van der Waals surface area contributed by atoms with E-state index in [1.165, 1.54) is 0 Å². The zero-order valence-electron chi connectivity index (χ0n) is 27.1. The molecule has 3 aliphatic rings. The molecule has 0 spiro atoms. The molecule has 4 unspecified atom stereocenters. The summed E-state index contributed by atoms with van der Waals surface area (Å²) in [6.07, 6.45) is 3.07. The zero-order valence-corrected chi connectivity index (χ0v) is 27.1. The Labute approximate surface area is 271 Å². The molecule has 0 aliphatic carbocycles. The van der Waals surface area contributed by atoms with Gasteiger partial charge in [0, 0.05) is 33.4 Å². The van der Waals surface area contributed by atoms with Crippen LogP contribution < -0.4 is 24.7 Å². The van der Waals surface area contributed by atoms with Crippen molar-refractivity contribution in [1.29, 1.82) is 0 Å². The second-order valence-corrected chi connectivity index (χ2v) is 11.6. The fourth-order valence-electron chi connectivity index (χ4n) is 5.82. The van der Waals surface area contributed by atoms with Crippen molar-refractivity contribution in [1.82, 2.24) is 0 Å². The highest BCUT2D eigenvalue weighted by Gasteiger charge is 2.48. The molecule has 0 amide bonds. The zero-order chi connectivity index (χ0) is 32.1. The lowest BCUT2D eigenvalue weighted by Crippen LogP contribution is -2.59. The summed E-state index contributed by atoms with van der Waals surface area (Å²) < 4.78 is 66.6. The van der Waals surface area contributed by atoms with Crippen LogP contribution in [0.5, 0.6) is 23.0 Å². The van der Waals surface area contributed by atoms with Crippen molar-refractivity contribution in [2.24, 2.45) is 5.92 Å². The number of nitrogens with two attached hydrogens (primary N) is 1. The number of benzene rings is 2. The van der Waals surface area contributed by atoms with E-state index in [0.29, 0.717) is 41.9 Å². The van der Waals surface area contributed by atoms with Crippen LogP contribution in [0.3, 0.4) is 0 Å². The molecule has 3 fully saturated rings. The molecule has 12 heteroatoms. The van der Waals surface area contributed by atoms with Gasteiger partial charge in [0.2, 0.25) is 5.75 Å². The van der Waals surface area contributed by atoms with Gasteiger partial charge in [-0.2, -0.15) is 0 Å². The SMILES string of the molecule is COCOc1cccc(OCCOc2ccccc2N)c1OCC1OC(OC)[C@H](OC2CCCCO2)[C@@H](OC2CCCCO2)[C@@H]1C. The van der Waals surface area contributed by atoms with Gasteiger partial charge in [-0.05, 0) is 62.8 Å². The molecule has 2 aromatic rings. The Hall–Kier alpha value is -2.84. The van der Waals surface area contributed by atoms with E-state index in [9.17, 15) is 0 Å². The fourth-order valence-corrected chi connectivity index (χ4v) is 5.82. The van der Waals surface area contributed by atoms with E-state index in [2.05, 4.69) is 6.92 Å². The maximum Gasteiger partial charge on any atom is 0.203 e. The number of hydrogen-bond acceptors (Lipinski definition) is 12. The average molecular weight is 648 g/mol. The molecule has 3 saturated heterocycles. The van der Waals surface area contributed by atoms with Crippen LogP contribution in [0.4, 0.5) is 5.69 Å². The highest BCUT2D eigenvalue weighted by Crippen LogP contribution is 2.40. The Morgan fingerprint density at radius 2 is 1.37 bits per heavy atom. The molecule has 256 valence electrons. The summed E-state index contributed by atoms with van der Waals surface area (Å²) >= 11 is 0. The van der Waals surface area contributed by atoms with Gasteiger partial charge in [-0.25, -0.2) is 0 Å². The van der Waals surface area contributed by atoms with Crippen LogP contribution in [0.2, 0.25) is 0 Å². The first-order chi connectivity index (χ1) is 22.6. The molecule has 0 aromatic heterocycles. The number of nitrogen functional groups attached to an aromatic ring is 1. The minimum Gasteiger partial charge on any atom is -0.488 e. The van der Waals surface area contributed by atoms with Gasteiger partial charge in [0.1, 0.15) is 31.7 Å². The third-order valence-electron chi connectivity index (χ3n) is 8.32. The number of rotatable bonds is 16. The van der Waals surface area contributed by atoms with E-state index in [1.807, 2.05) is 30.3 Å². The minimum absolute atomic E-state index is 0.0395. The second kappa shape index (κ2) is 17.9. The molecule has 5 rings (SSSR count). The maximum atomic E-state index is 6.62. The van der Waals surface area contributed by atoms with Gasteiger partial charge < -0.3 is 57.8 Å². The maximum absolute atomic E-state index is 6.62. The summed E-state index contributed by atoms with van der Waals surface area (Å²) in [5, 5.41) is 0. The molecule has 2 aromatic carbocycles. The van der Waals surface area contributed by atoms with E-state index < -0.39 is 18.5 Å². The predicted molar refractivity (Wildman–Crippen MR) is 168 cm³/mol. The lowest BCUT2D eigenvalue weighted by molar-refractivity contribution is -0.345. The van der Waals surface area contributed by atoms with Crippen LogP contribution in [0.15, 0.2) is 42.5 Å². The minimum atomic E-state index is -0.706. The van der Waals surface area contributed by atoms with Crippen molar-refractivity contribution >= 4 is 5.69 Å². The van der Waals surface area contributed by atoms with Gasteiger partial charge in [0.15, 0.2) is 37.2 Å². The van der Waals surface area contributed by atoms with Crippen LogP contribution in [0.1, 0.15) is 45.4 Å². The monoisotopic (exact) mass is 647 g/mol. The molecule has 0 radical (unpaired) electrons. The molecule has 0 bridgehead atoms. The number of hydrogen-bond donors (Lipinski definition) is 1. The van der Waals surface area contributed by atoms with E-state index >= 15 is 0 Å². The molecule has 7 atom stereocenters. The van der Waals surface area contributed by atoms with Crippen LogP contribution in [-0.4, -0.2) is 91.2 Å². The van der Waals surface area contributed by atoms with Crippen LogP contribution in [0, 0.1) is 5.92 Å². The van der Waals surface area contributed by atoms with Crippen molar-refractivity contribution in [3.05, 3.63) is 42.5 Å². The number of methoxy groups -OCH3 is 2. The summed E-state index contributed by atoms with van der Waals surface area (Å²) in [7, 11) is 3.17. The fraction of sp³-hybridized carbons (Fsp3) is 0.647. The van der Waals surface area contributed by atoms with Crippen LogP contribution in [-0.2, 0) is 33.2 Å². The largest absolute Gasteiger partial charge is 0.488 e. The Balaban J connectivity index is 1.28. The van der Waals surface area contributed by atoms with E-state index in [4.69, 9.17) is 57.8 Å². The lowest BCUT2D eigenvalue weighted by Gasteiger charge is -2.46. The van der Waals surface area contributed by atoms with E-state index in [0.717, 1.165) is 38.5 Å². The van der Waals surface area contributed by atoms with Crippen molar-refractivity contribution < 1.29 is 52.1 Å². The van der Waals surface area contributed by atoms with Crippen molar-refractivity contribution in [3.8, 4) is 23.0 Å². The first-order valence-electron chi connectivity index (χ1n) is 16.3. The number of anilines is 1. The van der Waals surface area contributed by atoms with Crippen molar-refractivity contribution in [3.63, 3.8) is 0 Å². The third-order valence-corrected chi connectivity index (χ3v) is 8.32. The quantitative estimate of drug-likeness (QED) is 0.151. The van der Waals surface area contributed by atoms with Gasteiger partial charge in [0.05, 0.1) is 17.9 Å². The van der Waals surface area contributed by atoms with Gasteiger partial charge in [-0.3, -0.25) is 0 Å². The Kier molecular flexibility index (Phi) is 13.4. The van der Waals surface area contributed by atoms with E-state index in [1.54, 1.807) is 26.4 Å². The molecule has 0 saturated carbocycles. The number of para-hydroxylation sites is 3. The lowest BCUT2D eigenvalue weighted by atomic mass is 9.90. The van der Waals surface area contributed by atoms with Gasteiger partial charge in [-0.1, -0.05) is 25.1 Å². The first kappa shape index (κ1) is 34.5. The summed E-state index contributed by atoms with van der Waals surface area (Å²) in [6.45, 7) is 4.15. The Bertz CT molecular complexity index is 1170. The molecular formula is C34H49NO11. The third kappa shape index (κ3) is 9.37. The Morgan fingerprint density at radius 1 is 0.739 bits per heavy atom. The molecule has 3 heterocycles. The summed E-state index contributed by atoms with van der Waals surface area (Å²) in [4.78, 5) is 0. The van der Waals surface area contributed by atoms with Crippen LogP contribution >= 0.6 is 0 Å². The van der Waals surface area contributed by atoms with Crippen molar-refractivity contribution in [2.45, 2.75) is 82.6 Å². The van der Waals surface area contributed by atoms with Crippen molar-refractivity contribution in [2.75, 3.05) is 59.8 Å². The molecule has 3 aliphatic heterocycles. The molecular weight excluding hydrogens is 598 g/mol. The summed E-state index contributed by atoms with van der Waals surface area (Å²) in [6, 6.07) is 12.8. The highest BCUT2D eigenvalue weighted by atomic mass is 16.8. The smallest absolute Gasteiger partial charge is 0.203 e. The van der Waals surface area contributed by atoms with Gasteiger partial charge in [0.25, 0.3) is 0 Å². The predicted octanol–water partition coefficient (Wildman–Crippen LogP) is 4.92.